The van der Waals surface area contributed by atoms with Crippen molar-refractivity contribution in [3.05, 3.63) is 11.8 Å². The third-order valence-corrected chi connectivity index (χ3v) is 7.16. The Labute approximate surface area is 155 Å². The van der Waals surface area contributed by atoms with E-state index in [9.17, 15) is 9.90 Å². The summed E-state index contributed by atoms with van der Waals surface area (Å²) in [6.45, 7) is 7.18. The quantitative estimate of drug-likeness (QED) is 0.842. The van der Waals surface area contributed by atoms with E-state index in [0.29, 0.717) is 43.6 Å². The zero-order chi connectivity index (χ0) is 18.6. The third-order valence-electron chi connectivity index (χ3n) is 7.16. The number of hydrogen-bond acceptors (Lipinski definition) is 5. The van der Waals surface area contributed by atoms with Crippen LogP contribution in [0.5, 0.6) is 0 Å². The highest BCUT2D eigenvalue weighted by Gasteiger charge is 2.65. The van der Waals surface area contributed by atoms with E-state index in [1.54, 1.807) is 0 Å². The van der Waals surface area contributed by atoms with Crippen LogP contribution < -0.4 is 0 Å². The van der Waals surface area contributed by atoms with Gasteiger partial charge in [-0.05, 0) is 56.8 Å². The molecule has 0 radical (unpaired) electrons. The van der Waals surface area contributed by atoms with Crippen molar-refractivity contribution >= 4 is 5.91 Å². The molecule has 4 atom stereocenters. The minimum atomic E-state index is -0.648. The van der Waals surface area contributed by atoms with Crippen molar-refractivity contribution in [2.24, 2.45) is 16.7 Å². The highest BCUT2D eigenvalue weighted by Crippen LogP contribution is 2.68. The zero-order valence-electron chi connectivity index (χ0n) is 16.3. The van der Waals surface area contributed by atoms with E-state index >= 15 is 0 Å². The van der Waals surface area contributed by atoms with Crippen molar-refractivity contribution in [2.75, 3.05) is 6.54 Å². The highest BCUT2D eigenvalue weighted by atomic mass is 16.4. The van der Waals surface area contributed by atoms with Crippen LogP contribution >= 0.6 is 0 Å². The Morgan fingerprint density at radius 1 is 1.15 bits per heavy atom. The maximum Gasteiger partial charge on any atom is 0.235 e. The van der Waals surface area contributed by atoms with Gasteiger partial charge in [0.25, 0.3) is 0 Å². The molecule has 1 aromatic heterocycles. The second-order valence-electron chi connectivity index (χ2n) is 9.13. The molecule has 1 amide bonds. The molecule has 1 heterocycles. The number of rotatable bonds is 6. The van der Waals surface area contributed by atoms with Gasteiger partial charge in [-0.3, -0.25) is 4.79 Å². The Morgan fingerprint density at radius 3 is 2.54 bits per heavy atom. The number of carbonyl (C=O) groups is 1. The number of amides is 1. The lowest BCUT2D eigenvalue weighted by Crippen LogP contribution is -2.64. The molecule has 4 aliphatic carbocycles. The Morgan fingerprint density at radius 2 is 1.92 bits per heavy atom. The first-order chi connectivity index (χ1) is 12.3. The monoisotopic (exact) mass is 361 g/mol. The summed E-state index contributed by atoms with van der Waals surface area (Å²) in [4.78, 5) is 15.5. The molecule has 0 spiro atoms. The van der Waals surface area contributed by atoms with Crippen LogP contribution in [0.1, 0.15) is 77.5 Å². The number of hydrogen-bond donors (Lipinski definition) is 1. The largest absolute Gasteiger partial charge is 0.423 e. The molecule has 4 bridgehead atoms. The normalized spacial score (nSPS) is 37.9. The van der Waals surface area contributed by atoms with Crippen molar-refractivity contribution in [3.8, 4) is 0 Å². The molecule has 4 aliphatic rings. The number of aliphatic hydroxyl groups is 1. The van der Waals surface area contributed by atoms with Crippen molar-refractivity contribution in [3.63, 3.8) is 0 Å². The smallest absolute Gasteiger partial charge is 0.235 e. The lowest BCUT2D eigenvalue weighted by atomic mass is 9.42. The minimum absolute atomic E-state index is 0.142. The van der Waals surface area contributed by atoms with Gasteiger partial charge in [-0.2, -0.15) is 0 Å². The summed E-state index contributed by atoms with van der Waals surface area (Å²) in [5.41, 5.74) is -0.915. The average Bonchev–Trinajstić information content (AvgIpc) is 3.04. The van der Waals surface area contributed by atoms with Gasteiger partial charge in [-0.15, -0.1) is 10.2 Å². The predicted octanol–water partition coefficient (Wildman–Crippen LogP) is 3.09. The minimum Gasteiger partial charge on any atom is -0.423 e. The molecule has 4 fully saturated rings. The third kappa shape index (κ3) is 2.77. The predicted molar refractivity (Wildman–Crippen MR) is 96.1 cm³/mol. The van der Waals surface area contributed by atoms with Gasteiger partial charge in [0, 0.05) is 13.0 Å². The molecular weight excluding hydrogens is 330 g/mol. The van der Waals surface area contributed by atoms with E-state index < -0.39 is 11.0 Å². The first kappa shape index (κ1) is 18.0. The molecule has 6 nitrogen and oxygen atoms in total. The molecule has 26 heavy (non-hydrogen) atoms. The lowest BCUT2D eigenvalue weighted by molar-refractivity contribution is -0.210. The van der Waals surface area contributed by atoms with Crippen molar-refractivity contribution < 1.29 is 14.3 Å². The second-order valence-corrected chi connectivity index (χ2v) is 9.13. The Bertz CT molecular complexity index is 704. The second kappa shape index (κ2) is 6.04. The highest BCUT2D eigenvalue weighted by molar-refractivity contribution is 5.83. The summed E-state index contributed by atoms with van der Waals surface area (Å²) < 4.78 is 5.63. The van der Waals surface area contributed by atoms with Crippen LogP contribution in [-0.2, 0) is 17.8 Å². The maximum atomic E-state index is 13.6. The standard InChI is InChI=1S/C20H31N3O3/c1-4-15-21-22-16(26-15)10-23(6-3)17(24)19-8-14-7-18(5-2,11-19)12-20(25,9-14)13-19/h14,25H,4-13H2,1-3H3/t14-,18-,19+,20-/m0/s1. The van der Waals surface area contributed by atoms with E-state index in [4.69, 9.17) is 4.42 Å². The van der Waals surface area contributed by atoms with Crippen molar-refractivity contribution in [2.45, 2.75) is 84.3 Å². The van der Waals surface area contributed by atoms with Gasteiger partial charge in [-0.1, -0.05) is 20.3 Å². The first-order valence-corrected chi connectivity index (χ1v) is 10.2. The fourth-order valence-corrected chi connectivity index (χ4v) is 6.54. The molecule has 4 saturated carbocycles. The van der Waals surface area contributed by atoms with Crippen molar-refractivity contribution in [1.29, 1.82) is 0 Å². The molecule has 0 aromatic carbocycles. The van der Waals surface area contributed by atoms with Gasteiger partial charge < -0.3 is 14.4 Å². The van der Waals surface area contributed by atoms with Gasteiger partial charge in [0.1, 0.15) is 0 Å². The summed E-state index contributed by atoms with van der Waals surface area (Å²) in [7, 11) is 0. The SMILES string of the molecule is CCc1nnc(CN(CC)C(=O)[C@]23C[C@H]4C[C@](O)(C[C@@](CC)(C4)C2)C3)o1. The van der Waals surface area contributed by atoms with E-state index in [-0.39, 0.29) is 11.3 Å². The topological polar surface area (TPSA) is 79.5 Å². The van der Waals surface area contributed by atoms with Gasteiger partial charge in [0.05, 0.1) is 17.6 Å². The molecular formula is C20H31N3O3. The van der Waals surface area contributed by atoms with Crippen LogP contribution in [0.25, 0.3) is 0 Å². The average molecular weight is 361 g/mol. The van der Waals surface area contributed by atoms with Crippen molar-refractivity contribution in [1.82, 2.24) is 15.1 Å². The van der Waals surface area contributed by atoms with Gasteiger partial charge in [-0.25, -0.2) is 0 Å². The van der Waals surface area contributed by atoms with Crippen LogP contribution in [0.2, 0.25) is 0 Å². The van der Waals surface area contributed by atoms with Crippen LogP contribution in [-0.4, -0.2) is 38.3 Å². The van der Waals surface area contributed by atoms with Crippen LogP contribution in [0, 0.1) is 16.7 Å². The fraction of sp³-hybridized carbons (Fsp3) is 0.850. The molecule has 144 valence electrons. The van der Waals surface area contributed by atoms with Gasteiger partial charge >= 0.3 is 0 Å². The summed E-state index contributed by atoms with van der Waals surface area (Å²) >= 11 is 0. The Balaban J connectivity index is 1.59. The molecule has 0 saturated heterocycles. The van der Waals surface area contributed by atoms with E-state index in [1.807, 2.05) is 18.7 Å². The summed E-state index contributed by atoms with van der Waals surface area (Å²) in [5, 5.41) is 19.3. The Kier molecular flexibility index (Phi) is 4.17. The maximum absolute atomic E-state index is 13.6. The lowest BCUT2D eigenvalue weighted by Gasteiger charge is -2.64. The fourth-order valence-electron chi connectivity index (χ4n) is 6.54. The van der Waals surface area contributed by atoms with Crippen LogP contribution in [0.4, 0.5) is 0 Å². The number of carbonyl (C=O) groups excluding carboxylic acids is 1. The summed E-state index contributed by atoms with van der Waals surface area (Å²) in [6.07, 6.45) is 7.15. The number of aryl methyl sites for hydroxylation is 1. The summed E-state index contributed by atoms with van der Waals surface area (Å²) in [5.74, 6) is 1.77. The van der Waals surface area contributed by atoms with Gasteiger partial charge in [0.15, 0.2) is 0 Å². The van der Waals surface area contributed by atoms with Crippen LogP contribution in [0.3, 0.4) is 0 Å². The Hall–Kier alpha value is -1.43. The first-order valence-electron chi connectivity index (χ1n) is 10.2. The molecule has 0 aliphatic heterocycles. The van der Waals surface area contributed by atoms with E-state index in [2.05, 4.69) is 17.1 Å². The molecule has 5 rings (SSSR count). The number of aromatic nitrogens is 2. The zero-order valence-corrected chi connectivity index (χ0v) is 16.3. The van der Waals surface area contributed by atoms with Gasteiger partial charge in [0.2, 0.25) is 17.7 Å². The van der Waals surface area contributed by atoms with Crippen LogP contribution in [0.15, 0.2) is 4.42 Å². The molecule has 1 N–H and O–H groups in total. The molecule has 6 heteroatoms. The van der Waals surface area contributed by atoms with E-state index in [0.717, 1.165) is 32.1 Å². The van der Waals surface area contributed by atoms with E-state index in [1.165, 1.54) is 6.42 Å². The molecule has 1 aromatic rings. The number of nitrogens with zero attached hydrogens (tertiary/aromatic N) is 3. The molecule has 0 unspecified atom stereocenters. The summed E-state index contributed by atoms with van der Waals surface area (Å²) in [6, 6.07) is 0.